The van der Waals surface area contributed by atoms with Gasteiger partial charge in [-0.15, -0.1) is 0 Å². The number of nitrogen functional groups attached to an aromatic ring is 1. The number of hydrogen-bond donors (Lipinski definition) is 3. The zero-order valence-corrected chi connectivity index (χ0v) is 13.4. The van der Waals surface area contributed by atoms with Crippen LogP contribution in [0.5, 0.6) is 5.75 Å². The van der Waals surface area contributed by atoms with E-state index in [1.807, 2.05) is 18.2 Å². The second kappa shape index (κ2) is 6.64. The molecule has 3 rings (SSSR count). The van der Waals surface area contributed by atoms with Gasteiger partial charge in [-0.05, 0) is 36.4 Å². The standard InChI is InChI=1S/C19H15ClN2O2/c20-14-7-9-18(23)17(11-14)22-16-8-6-13(10-15(16)21)19(24)12-4-2-1-3-5-12/h1-11,22-23H,21H2. The van der Waals surface area contributed by atoms with Gasteiger partial charge in [-0.2, -0.15) is 0 Å². The summed E-state index contributed by atoms with van der Waals surface area (Å²) in [5.74, 6) is -0.0392. The molecule has 0 aromatic heterocycles. The predicted octanol–water partition coefficient (Wildman–Crippen LogP) is 4.60. The molecule has 0 atom stereocenters. The molecular weight excluding hydrogens is 324 g/mol. The van der Waals surface area contributed by atoms with Crippen molar-refractivity contribution in [1.29, 1.82) is 0 Å². The molecule has 0 saturated heterocycles. The summed E-state index contributed by atoms with van der Waals surface area (Å²) in [6.07, 6.45) is 0. The van der Waals surface area contributed by atoms with E-state index in [4.69, 9.17) is 17.3 Å². The molecule has 0 aliphatic carbocycles. The fourth-order valence-corrected chi connectivity index (χ4v) is 2.50. The molecule has 3 aromatic rings. The number of carbonyl (C=O) groups excluding carboxylic acids is 1. The molecule has 4 nitrogen and oxygen atoms in total. The Balaban J connectivity index is 1.88. The molecule has 0 heterocycles. The number of rotatable bonds is 4. The van der Waals surface area contributed by atoms with Gasteiger partial charge in [0.25, 0.3) is 0 Å². The van der Waals surface area contributed by atoms with Gasteiger partial charge in [0.05, 0.1) is 17.1 Å². The molecule has 0 fully saturated rings. The minimum absolute atomic E-state index is 0.0586. The van der Waals surface area contributed by atoms with Crippen LogP contribution >= 0.6 is 11.6 Å². The minimum atomic E-state index is -0.0977. The number of ketones is 1. The highest BCUT2D eigenvalue weighted by atomic mass is 35.5. The summed E-state index contributed by atoms with van der Waals surface area (Å²) >= 11 is 5.93. The van der Waals surface area contributed by atoms with Crippen LogP contribution in [0.25, 0.3) is 0 Å². The lowest BCUT2D eigenvalue weighted by Crippen LogP contribution is -2.04. The largest absolute Gasteiger partial charge is 0.506 e. The zero-order chi connectivity index (χ0) is 17.1. The average Bonchev–Trinajstić information content (AvgIpc) is 2.60. The van der Waals surface area contributed by atoms with E-state index in [0.29, 0.717) is 33.2 Å². The topological polar surface area (TPSA) is 75.4 Å². The van der Waals surface area contributed by atoms with Crippen LogP contribution in [-0.2, 0) is 0 Å². The highest BCUT2D eigenvalue weighted by Crippen LogP contribution is 2.32. The molecule has 0 bridgehead atoms. The SMILES string of the molecule is Nc1cc(C(=O)c2ccccc2)ccc1Nc1cc(Cl)ccc1O. The van der Waals surface area contributed by atoms with Crippen molar-refractivity contribution in [2.45, 2.75) is 0 Å². The Hall–Kier alpha value is -2.98. The third kappa shape index (κ3) is 3.34. The summed E-state index contributed by atoms with van der Waals surface area (Å²) in [7, 11) is 0. The van der Waals surface area contributed by atoms with E-state index in [-0.39, 0.29) is 11.5 Å². The van der Waals surface area contributed by atoms with Crippen molar-refractivity contribution in [3.8, 4) is 5.75 Å². The second-order valence-corrected chi connectivity index (χ2v) is 5.72. The highest BCUT2D eigenvalue weighted by Gasteiger charge is 2.11. The molecule has 0 amide bonds. The Kier molecular flexibility index (Phi) is 4.40. The highest BCUT2D eigenvalue weighted by molar-refractivity contribution is 6.31. The lowest BCUT2D eigenvalue weighted by molar-refractivity contribution is 0.103. The van der Waals surface area contributed by atoms with E-state index in [2.05, 4.69) is 5.32 Å². The Morgan fingerprint density at radius 1 is 0.917 bits per heavy atom. The Labute approximate surface area is 144 Å². The quantitative estimate of drug-likeness (QED) is 0.369. The average molecular weight is 339 g/mol. The molecular formula is C19H15ClN2O2. The van der Waals surface area contributed by atoms with Gasteiger partial charge in [-0.25, -0.2) is 0 Å². The molecule has 0 radical (unpaired) electrons. The third-order valence-corrected chi connectivity index (χ3v) is 3.81. The fourth-order valence-electron chi connectivity index (χ4n) is 2.33. The number of hydrogen-bond acceptors (Lipinski definition) is 4. The van der Waals surface area contributed by atoms with E-state index in [1.54, 1.807) is 42.5 Å². The minimum Gasteiger partial charge on any atom is -0.506 e. The summed E-state index contributed by atoms with van der Waals surface area (Å²) in [4.78, 5) is 12.4. The maximum absolute atomic E-state index is 12.4. The lowest BCUT2D eigenvalue weighted by atomic mass is 10.0. The van der Waals surface area contributed by atoms with Crippen molar-refractivity contribution in [3.63, 3.8) is 0 Å². The van der Waals surface area contributed by atoms with Gasteiger partial charge < -0.3 is 16.2 Å². The molecule has 24 heavy (non-hydrogen) atoms. The van der Waals surface area contributed by atoms with E-state index in [1.165, 1.54) is 6.07 Å². The predicted molar refractivity (Wildman–Crippen MR) is 97.1 cm³/mol. The molecule has 120 valence electrons. The van der Waals surface area contributed by atoms with Crippen LogP contribution < -0.4 is 11.1 Å². The van der Waals surface area contributed by atoms with Crippen LogP contribution in [0.3, 0.4) is 0 Å². The van der Waals surface area contributed by atoms with E-state index >= 15 is 0 Å². The van der Waals surface area contributed by atoms with Crippen LogP contribution in [0.15, 0.2) is 66.7 Å². The summed E-state index contributed by atoms with van der Waals surface area (Å²) in [5, 5.41) is 13.4. The number of carbonyl (C=O) groups is 1. The molecule has 0 aliphatic heterocycles. The van der Waals surface area contributed by atoms with Crippen molar-refractivity contribution in [2.24, 2.45) is 0 Å². The van der Waals surface area contributed by atoms with Gasteiger partial charge in [0.1, 0.15) is 5.75 Å². The summed E-state index contributed by atoms with van der Waals surface area (Å²) < 4.78 is 0. The van der Waals surface area contributed by atoms with Crippen LogP contribution in [0.2, 0.25) is 5.02 Å². The van der Waals surface area contributed by atoms with Gasteiger partial charge in [-0.3, -0.25) is 4.79 Å². The van der Waals surface area contributed by atoms with Gasteiger partial charge in [-0.1, -0.05) is 41.9 Å². The van der Waals surface area contributed by atoms with Crippen molar-refractivity contribution in [2.75, 3.05) is 11.1 Å². The first-order valence-electron chi connectivity index (χ1n) is 7.29. The molecule has 0 saturated carbocycles. The van der Waals surface area contributed by atoms with E-state index in [9.17, 15) is 9.90 Å². The number of phenols is 1. The van der Waals surface area contributed by atoms with Gasteiger partial charge in [0, 0.05) is 16.1 Å². The second-order valence-electron chi connectivity index (χ2n) is 5.28. The smallest absolute Gasteiger partial charge is 0.193 e. The zero-order valence-electron chi connectivity index (χ0n) is 12.7. The molecule has 4 N–H and O–H groups in total. The van der Waals surface area contributed by atoms with Gasteiger partial charge in [0.15, 0.2) is 5.78 Å². The Morgan fingerprint density at radius 3 is 2.38 bits per heavy atom. The number of nitrogens with one attached hydrogen (secondary N) is 1. The maximum atomic E-state index is 12.4. The van der Waals surface area contributed by atoms with Gasteiger partial charge in [0.2, 0.25) is 0 Å². The van der Waals surface area contributed by atoms with Crippen molar-refractivity contribution in [1.82, 2.24) is 0 Å². The van der Waals surface area contributed by atoms with Crippen molar-refractivity contribution < 1.29 is 9.90 Å². The molecule has 5 heteroatoms. The van der Waals surface area contributed by atoms with Crippen molar-refractivity contribution >= 4 is 34.4 Å². The molecule has 3 aromatic carbocycles. The van der Waals surface area contributed by atoms with Crippen molar-refractivity contribution in [3.05, 3.63) is 82.9 Å². The first kappa shape index (κ1) is 15.9. The number of anilines is 3. The summed E-state index contributed by atoms with van der Waals surface area (Å²) in [6.45, 7) is 0. The Bertz CT molecular complexity index is 895. The fraction of sp³-hybridized carbons (Fsp3) is 0. The van der Waals surface area contributed by atoms with Crippen LogP contribution in [-0.4, -0.2) is 10.9 Å². The monoisotopic (exact) mass is 338 g/mol. The lowest BCUT2D eigenvalue weighted by Gasteiger charge is -2.12. The number of aromatic hydroxyl groups is 1. The molecule has 0 unspecified atom stereocenters. The first-order chi connectivity index (χ1) is 11.5. The summed E-state index contributed by atoms with van der Waals surface area (Å²) in [5.41, 5.74) is 8.57. The normalized spacial score (nSPS) is 10.4. The van der Waals surface area contributed by atoms with Gasteiger partial charge >= 0.3 is 0 Å². The summed E-state index contributed by atoms with van der Waals surface area (Å²) in [6, 6.07) is 18.7. The van der Waals surface area contributed by atoms with E-state index in [0.717, 1.165) is 0 Å². The third-order valence-electron chi connectivity index (χ3n) is 3.58. The number of phenolic OH excluding ortho intramolecular Hbond substituents is 1. The first-order valence-corrected chi connectivity index (χ1v) is 7.67. The van der Waals surface area contributed by atoms with Crippen LogP contribution in [0.1, 0.15) is 15.9 Å². The Morgan fingerprint density at radius 2 is 1.67 bits per heavy atom. The van der Waals surface area contributed by atoms with Crippen LogP contribution in [0.4, 0.5) is 17.1 Å². The number of benzene rings is 3. The molecule has 0 spiro atoms. The maximum Gasteiger partial charge on any atom is 0.193 e. The number of halogens is 1. The molecule has 0 aliphatic rings. The van der Waals surface area contributed by atoms with Crippen LogP contribution in [0, 0.1) is 0 Å². The van der Waals surface area contributed by atoms with E-state index < -0.39 is 0 Å². The number of nitrogens with two attached hydrogens (primary N) is 1.